The number of amides is 1. The zero-order valence-corrected chi connectivity index (χ0v) is 23.9. The van der Waals surface area contributed by atoms with Crippen molar-refractivity contribution in [2.75, 3.05) is 18.0 Å². The van der Waals surface area contributed by atoms with Gasteiger partial charge in [0.15, 0.2) is 5.65 Å². The molecule has 1 aliphatic carbocycles. The van der Waals surface area contributed by atoms with Crippen LogP contribution in [0.3, 0.4) is 0 Å². The van der Waals surface area contributed by atoms with Crippen LogP contribution in [0.15, 0.2) is 55.1 Å². The number of carbonyl (C=O) groups is 1. The van der Waals surface area contributed by atoms with Gasteiger partial charge >= 0.3 is 0 Å². The van der Waals surface area contributed by atoms with Crippen molar-refractivity contribution in [2.45, 2.75) is 70.2 Å². The molecule has 0 radical (unpaired) electrons. The maximum atomic E-state index is 12.0. The van der Waals surface area contributed by atoms with Gasteiger partial charge in [0.25, 0.3) is 0 Å². The highest BCUT2D eigenvalue weighted by atomic mass is 16.3. The summed E-state index contributed by atoms with van der Waals surface area (Å²) in [6, 6.07) is 11.6. The molecule has 10 heteroatoms. The second-order valence-corrected chi connectivity index (χ2v) is 12.2. The fourth-order valence-electron chi connectivity index (χ4n) is 7.38. The van der Waals surface area contributed by atoms with E-state index in [1.54, 1.807) is 6.92 Å². The van der Waals surface area contributed by atoms with E-state index in [4.69, 9.17) is 15.1 Å². The van der Waals surface area contributed by atoms with Crippen LogP contribution in [0.5, 0.6) is 0 Å². The van der Waals surface area contributed by atoms with Crippen molar-refractivity contribution in [1.29, 1.82) is 0 Å². The van der Waals surface area contributed by atoms with Crippen LogP contribution in [0.2, 0.25) is 0 Å². The molecule has 42 heavy (non-hydrogen) atoms. The highest BCUT2D eigenvalue weighted by Gasteiger charge is 2.44. The first-order valence-corrected chi connectivity index (χ1v) is 14.9. The van der Waals surface area contributed by atoms with Crippen LogP contribution in [0.1, 0.15) is 50.8 Å². The van der Waals surface area contributed by atoms with Gasteiger partial charge in [0, 0.05) is 66.2 Å². The Hall–Kier alpha value is -4.31. The second-order valence-electron chi connectivity index (χ2n) is 12.2. The smallest absolute Gasteiger partial charge is 0.219 e. The van der Waals surface area contributed by atoms with Crippen molar-refractivity contribution in [3.05, 3.63) is 60.8 Å². The zero-order chi connectivity index (χ0) is 28.5. The fraction of sp³-hybridized carbons (Fsp3) is 0.406. The number of fused-ring (bicyclic) bond motifs is 4. The van der Waals surface area contributed by atoms with Gasteiger partial charge in [0.2, 0.25) is 5.91 Å². The molecule has 214 valence electrons. The number of nitrogens with zero attached hydrogens (tertiary/aromatic N) is 8. The number of pyridine rings is 1. The molecule has 1 saturated carbocycles. The quantitative estimate of drug-likeness (QED) is 0.346. The van der Waals surface area contributed by atoms with Gasteiger partial charge in [-0.3, -0.25) is 14.5 Å². The number of aromatic nitrogens is 6. The van der Waals surface area contributed by atoms with Gasteiger partial charge in [0.05, 0.1) is 47.5 Å². The van der Waals surface area contributed by atoms with Gasteiger partial charge in [-0.2, -0.15) is 10.2 Å². The molecule has 2 aliphatic heterocycles. The maximum Gasteiger partial charge on any atom is 0.219 e. The molecule has 8 rings (SSSR count). The predicted octanol–water partition coefficient (Wildman–Crippen LogP) is 4.40. The lowest BCUT2D eigenvalue weighted by Crippen LogP contribution is -2.48. The predicted molar refractivity (Wildman–Crippen MR) is 160 cm³/mol. The summed E-state index contributed by atoms with van der Waals surface area (Å²) >= 11 is 0. The van der Waals surface area contributed by atoms with Gasteiger partial charge < -0.3 is 14.9 Å². The number of benzene rings is 1. The van der Waals surface area contributed by atoms with Crippen LogP contribution < -0.4 is 4.90 Å². The highest BCUT2D eigenvalue weighted by molar-refractivity contribution is 5.95. The van der Waals surface area contributed by atoms with Crippen molar-refractivity contribution in [2.24, 2.45) is 0 Å². The SMILES string of the molecule is CC(=O)N1C[C@@H]2C[C@H]1CN2c1ccc2c(-c3cnc4cc(-c5cnn(C6CCC(O)CC6)c5)c(C)nn34)ccnc2c1. The molecule has 3 aliphatic rings. The molecule has 6 heterocycles. The van der Waals surface area contributed by atoms with Gasteiger partial charge in [-0.1, -0.05) is 6.07 Å². The Morgan fingerprint density at radius 1 is 0.952 bits per heavy atom. The molecule has 5 aromatic rings. The third kappa shape index (κ3) is 4.07. The number of rotatable bonds is 4. The third-order valence-electron chi connectivity index (χ3n) is 9.61. The molecule has 0 spiro atoms. The van der Waals surface area contributed by atoms with E-state index in [1.165, 1.54) is 0 Å². The van der Waals surface area contributed by atoms with Crippen molar-refractivity contribution < 1.29 is 9.90 Å². The number of aliphatic hydroxyl groups is 1. The van der Waals surface area contributed by atoms with Crippen molar-refractivity contribution in [3.63, 3.8) is 0 Å². The fourth-order valence-corrected chi connectivity index (χ4v) is 7.38. The number of imidazole rings is 1. The molecule has 2 atom stereocenters. The number of hydrogen-bond donors (Lipinski definition) is 1. The first-order valence-electron chi connectivity index (χ1n) is 14.9. The minimum Gasteiger partial charge on any atom is -0.393 e. The lowest BCUT2D eigenvalue weighted by Gasteiger charge is -2.35. The van der Waals surface area contributed by atoms with Crippen LogP contribution in [-0.4, -0.2) is 76.6 Å². The summed E-state index contributed by atoms with van der Waals surface area (Å²) in [6.45, 7) is 5.37. The minimum absolute atomic E-state index is 0.173. The largest absolute Gasteiger partial charge is 0.393 e. The normalized spacial score (nSPS) is 23.9. The Morgan fingerprint density at radius 3 is 2.60 bits per heavy atom. The molecule has 4 aromatic heterocycles. The second kappa shape index (κ2) is 9.62. The number of piperazine rings is 1. The lowest BCUT2D eigenvalue weighted by molar-refractivity contribution is -0.129. The van der Waals surface area contributed by atoms with E-state index in [2.05, 4.69) is 40.5 Å². The molecular formula is C32H34N8O2. The van der Waals surface area contributed by atoms with Crippen molar-refractivity contribution in [1.82, 2.24) is 34.3 Å². The van der Waals surface area contributed by atoms with Gasteiger partial charge in [-0.05, 0) is 63.3 Å². The van der Waals surface area contributed by atoms with Crippen LogP contribution >= 0.6 is 0 Å². The Labute approximate surface area is 243 Å². The molecule has 2 saturated heterocycles. The monoisotopic (exact) mass is 562 g/mol. The molecule has 1 N–H and O–H groups in total. The lowest BCUT2D eigenvalue weighted by atomic mass is 9.93. The summed E-state index contributed by atoms with van der Waals surface area (Å²) in [7, 11) is 0. The average Bonchev–Trinajstić information content (AvgIpc) is 3.80. The van der Waals surface area contributed by atoms with E-state index in [0.717, 1.165) is 95.5 Å². The molecule has 1 amide bonds. The highest BCUT2D eigenvalue weighted by Crippen LogP contribution is 2.37. The molecule has 0 unspecified atom stereocenters. The van der Waals surface area contributed by atoms with Gasteiger partial charge in [0.1, 0.15) is 0 Å². The van der Waals surface area contributed by atoms with Crippen LogP contribution in [0.25, 0.3) is 38.9 Å². The first-order chi connectivity index (χ1) is 20.4. The van der Waals surface area contributed by atoms with E-state index in [-0.39, 0.29) is 12.0 Å². The number of likely N-dealkylation sites (tertiary alicyclic amines) is 1. The van der Waals surface area contributed by atoms with Crippen LogP contribution in [-0.2, 0) is 4.79 Å². The van der Waals surface area contributed by atoms with E-state index in [9.17, 15) is 9.90 Å². The molecule has 2 bridgehead atoms. The summed E-state index contributed by atoms with van der Waals surface area (Å²) in [6.07, 6.45) is 12.2. The van der Waals surface area contributed by atoms with E-state index < -0.39 is 0 Å². The summed E-state index contributed by atoms with van der Waals surface area (Å²) in [5, 5.41) is 20.6. The average molecular weight is 563 g/mol. The topological polar surface area (TPSA) is 105 Å². The van der Waals surface area contributed by atoms with E-state index in [1.807, 2.05) is 45.7 Å². The summed E-state index contributed by atoms with van der Waals surface area (Å²) in [5.74, 6) is 0.173. The van der Waals surface area contributed by atoms with Crippen LogP contribution in [0, 0.1) is 6.92 Å². The van der Waals surface area contributed by atoms with E-state index >= 15 is 0 Å². The number of anilines is 1. The zero-order valence-electron chi connectivity index (χ0n) is 23.9. The number of hydrogen-bond acceptors (Lipinski definition) is 7. The van der Waals surface area contributed by atoms with E-state index in [0.29, 0.717) is 18.1 Å². The Bertz CT molecular complexity index is 1840. The van der Waals surface area contributed by atoms with Crippen molar-refractivity contribution in [3.8, 4) is 22.4 Å². The summed E-state index contributed by atoms with van der Waals surface area (Å²) < 4.78 is 3.97. The van der Waals surface area contributed by atoms with Gasteiger partial charge in [-0.15, -0.1) is 0 Å². The Morgan fingerprint density at radius 2 is 1.81 bits per heavy atom. The maximum absolute atomic E-state index is 12.0. The summed E-state index contributed by atoms with van der Waals surface area (Å²) in [5.41, 5.74) is 7.79. The number of aliphatic hydroxyl groups excluding tert-OH is 1. The first kappa shape index (κ1) is 25.4. The van der Waals surface area contributed by atoms with Crippen molar-refractivity contribution >= 4 is 28.1 Å². The van der Waals surface area contributed by atoms with Crippen LogP contribution in [0.4, 0.5) is 5.69 Å². The Balaban J connectivity index is 1.10. The standard InChI is InChI=1S/C32H34N8O2/c1-19-29(21-14-35-39(16-21)22-3-6-26(42)7-4-22)13-32-34-15-31(40(32)36-19)28-9-10-33-30-12-23(5-8-27(28)30)38-18-24-11-25(38)17-37(24)20(2)41/h5,8-10,12-16,22,24-26,42H,3-4,6-7,11,17-18H2,1-2H3/t22?,24-,25-,26?/m0/s1. The summed E-state index contributed by atoms with van der Waals surface area (Å²) in [4.78, 5) is 25.9. The number of aryl methyl sites for hydroxylation is 1. The molecule has 3 fully saturated rings. The minimum atomic E-state index is -0.181. The van der Waals surface area contributed by atoms with Gasteiger partial charge in [-0.25, -0.2) is 9.50 Å². The molecule has 10 nitrogen and oxygen atoms in total. The molecular weight excluding hydrogens is 528 g/mol. The third-order valence-corrected chi connectivity index (χ3v) is 9.61. The molecule has 1 aromatic carbocycles. The Kier molecular flexibility index (Phi) is 5.82. The number of carbonyl (C=O) groups excluding carboxylic acids is 1.